The normalized spacial score (nSPS) is 33.0. The maximum Gasteiger partial charge on any atom is 0.130 e. The van der Waals surface area contributed by atoms with Gasteiger partial charge in [0.05, 0.1) is 6.26 Å². The zero-order valence-corrected chi connectivity index (χ0v) is 14.7. The van der Waals surface area contributed by atoms with Crippen LogP contribution in [0.2, 0.25) is 5.02 Å². The molecule has 0 radical (unpaired) electrons. The molecule has 0 unspecified atom stereocenters. The number of fused-ring (bicyclic) bond motifs is 4. The highest BCUT2D eigenvalue weighted by molar-refractivity contribution is 6.30. The zero-order chi connectivity index (χ0) is 16.1. The zero-order valence-electron chi connectivity index (χ0n) is 14.0. The summed E-state index contributed by atoms with van der Waals surface area (Å²) >= 11 is 6.26. The highest BCUT2D eigenvalue weighted by Gasteiger charge is 2.41. The van der Waals surface area contributed by atoms with Gasteiger partial charge in [0.1, 0.15) is 5.75 Å². The molecule has 24 heavy (non-hydrogen) atoms. The molecule has 0 amide bonds. The predicted octanol–water partition coefficient (Wildman–Crippen LogP) is 4.79. The lowest BCUT2D eigenvalue weighted by Crippen LogP contribution is -2.44. The summed E-state index contributed by atoms with van der Waals surface area (Å²) in [6.07, 6.45) is 14.2. The SMILES string of the molecule is Clc1ccc2c(c1)C1(C=CO2)CCN(C[C@@H]2C[C@@H]3C=C[C@H]2C3)CC1. The van der Waals surface area contributed by atoms with Crippen molar-refractivity contribution >= 4 is 11.6 Å². The lowest BCUT2D eigenvalue weighted by atomic mass is 9.71. The molecule has 1 saturated carbocycles. The molecule has 2 nitrogen and oxygen atoms in total. The summed E-state index contributed by atoms with van der Waals surface area (Å²) in [4.78, 5) is 2.69. The van der Waals surface area contributed by atoms with Crippen LogP contribution in [0.15, 0.2) is 42.7 Å². The van der Waals surface area contributed by atoms with Crippen LogP contribution in [0.5, 0.6) is 5.75 Å². The first-order valence-electron chi connectivity index (χ1n) is 9.27. The Kier molecular flexibility index (Phi) is 3.53. The molecule has 1 spiro atoms. The topological polar surface area (TPSA) is 12.5 Å². The molecule has 2 bridgehead atoms. The number of rotatable bonds is 2. The molecule has 2 fully saturated rings. The van der Waals surface area contributed by atoms with Gasteiger partial charge in [-0.2, -0.15) is 0 Å². The molecule has 3 atom stereocenters. The van der Waals surface area contributed by atoms with Gasteiger partial charge in [0.15, 0.2) is 0 Å². The van der Waals surface area contributed by atoms with Crippen LogP contribution in [-0.2, 0) is 5.41 Å². The van der Waals surface area contributed by atoms with Gasteiger partial charge >= 0.3 is 0 Å². The third-order valence-electron chi connectivity index (χ3n) is 6.72. The second-order valence-electron chi connectivity index (χ2n) is 8.06. The van der Waals surface area contributed by atoms with Crippen molar-refractivity contribution in [1.82, 2.24) is 4.90 Å². The second-order valence-corrected chi connectivity index (χ2v) is 8.49. The highest BCUT2D eigenvalue weighted by atomic mass is 35.5. The van der Waals surface area contributed by atoms with Crippen molar-refractivity contribution in [2.75, 3.05) is 19.6 Å². The van der Waals surface area contributed by atoms with Gasteiger partial charge in [0.2, 0.25) is 0 Å². The maximum atomic E-state index is 6.26. The van der Waals surface area contributed by atoms with E-state index in [1.54, 1.807) is 0 Å². The van der Waals surface area contributed by atoms with E-state index in [0.29, 0.717) is 0 Å². The van der Waals surface area contributed by atoms with Gasteiger partial charge in [0, 0.05) is 22.5 Å². The Morgan fingerprint density at radius 3 is 2.79 bits per heavy atom. The molecule has 1 aromatic carbocycles. The van der Waals surface area contributed by atoms with Crippen molar-refractivity contribution in [1.29, 1.82) is 0 Å². The molecule has 0 aromatic heterocycles. The Hall–Kier alpha value is -1.25. The van der Waals surface area contributed by atoms with E-state index in [1.807, 2.05) is 18.4 Å². The summed E-state index contributed by atoms with van der Waals surface area (Å²) in [6, 6.07) is 6.04. The van der Waals surface area contributed by atoms with Crippen molar-refractivity contribution in [3.05, 3.63) is 53.3 Å². The molecule has 0 N–H and O–H groups in total. The minimum absolute atomic E-state index is 0.115. The minimum atomic E-state index is 0.115. The number of hydrogen-bond donors (Lipinski definition) is 0. The van der Waals surface area contributed by atoms with Gasteiger partial charge in [0.25, 0.3) is 0 Å². The van der Waals surface area contributed by atoms with E-state index < -0.39 is 0 Å². The van der Waals surface area contributed by atoms with E-state index in [9.17, 15) is 0 Å². The standard InChI is InChI=1S/C21H24ClNO/c22-18-3-4-20-19(13-18)21(7-10-24-20)5-8-23(9-6-21)14-17-12-15-1-2-16(17)11-15/h1-4,7,10,13,15-17H,5-6,8-9,11-12,14H2/t15-,16+,17+/m1/s1. The van der Waals surface area contributed by atoms with Gasteiger partial charge in [-0.1, -0.05) is 23.8 Å². The van der Waals surface area contributed by atoms with Gasteiger partial charge in [-0.15, -0.1) is 0 Å². The summed E-state index contributed by atoms with van der Waals surface area (Å²) in [5, 5.41) is 0.809. The third kappa shape index (κ3) is 2.43. The van der Waals surface area contributed by atoms with Crippen LogP contribution in [-0.4, -0.2) is 24.5 Å². The molecule has 2 heterocycles. The number of piperidine rings is 1. The monoisotopic (exact) mass is 341 g/mol. The molecule has 4 aliphatic rings. The first-order chi connectivity index (χ1) is 11.7. The summed E-state index contributed by atoms with van der Waals surface area (Å²) in [5.41, 5.74) is 1.39. The molecule has 2 aliphatic heterocycles. The number of likely N-dealkylation sites (tertiary alicyclic amines) is 1. The van der Waals surface area contributed by atoms with E-state index in [1.165, 1.54) is 38.0 Å². The van der Waals surface area contributed by atoms with Gasteiger partial charge < -0.3 is 9.64 Å². The maximum absolute atomic E-state index is 6.26. The molecular weight excluding hydrogens is 318 g/mol. The Morgan fingerprint density at radius 2 is 2.04 bits per heavy atom. The number of hydrogen-bond acceptors (Lipinski definition) is 2. The predicted molar refractivity (Wildman–Crippen MR) is 97.4 cm³/mol. The molecule has 3 heteroatoms. The molecule has 2 aliphatic carbocycles. The number of ether oxygens (including phenoxy) is 1. The lowest BCUT2D eigenvalue weighted by Gasteiger charge is -2.43. The van der Waals surface area contributed by atoms with Crippen molar-refractivity contribution in [2.24, 2.45) is 17.8 Å². The molecular formula is C21H24ClNO. The van der Waals surface area contributed by atoms with Crippen LogP contribution < -0.4 is 4.74 Å². The Morgan fingerprint density at radius 1 is 1.17 bits per heavy atom. The largest absolute Gasteiger partial charge is 0.465 e. The van der Waals surface area contributed by atoms with Crippen LogP contribution >= 0.6 is 11.6 Å². The van der Waals surface area contributed by atoms with E-state index in [2.05, 4.69) is 29.2 Å². The van der Waals surface area contributed by atoms with Crippen LogP contribution in [0.1, 0.15) is 31.2 Å². The fourth-order valence-corrected chi connectivity index (χ4v) is 5.50. The fraction of sp³-hybridized carbons (Fsp3) is 0.524. The Bertz CT molecular complexity index is 702. The third-order valence-corrected chi connectivity index (χ3v) is 6.95. The summed E-state index contributed by atoms with van der Waals surface area (Å²) in [5.74, 6) is 3.60. The summed E-state index contributed by atoms with van der Waals surface area (Å²) < 4.78 is 5.71. The van der Waals surface area contributed by atoms with E-state index in [-0.39, 0.29) is 5.41 Å². The molecule has 1 aromatic rings. The quantitative estimate of drug-likeness (QED) is 0.717. The van der Waals surface area contributed by atoms with Crippen LogP contribution in [0.4, 0.5) is 0 Å². The van der Waals surface area contributed by atoms with Gasteiger partial charge in [-0.3, -0.25) is 0 Å². The average molecular weight is 342 g/mol. The van der Waals surface area contributed by atoms with Crippen LogP contribution in [0.25, 0.3) is 0 Å². The summed E-state index contributed by atoms with van der Waals surface area (Å²) in [7, 11) is 0. The average Bonchev–Trinajstić information content (AvgIpc) is 3.21. The number of nitrogens with zero attached hydrogens (tertiary/aromatic N) is 1. The number of halogens is 1. The van der Waals surface area contributed by atoms with Gasteiger partial charge in [-0.05, 0) is 80.8 Å². The van der Waals surface area contributed by atoms with Crippen LogP contribution in [0.3, 0.4) is 0 Å². The molecule has 5 rings (SSSR count). The molecule has 1 saturated heterocycles. The number of benzene rings is 1. The van der Waals surface area contributed by atoms with Crippen molar-refractivity contribution in [2.45, 2.75) is 31.1 Å². The first kappa shape index (κ1) is 15.0. The van der Waals surface area contributed by atoms with Crippen molar-refractivity contribution in [3.8, 4) is 5.75 Å². The van der Waals surface area contributed by atoms with Gasteiger partial charge in [-0.25, -0.2) is 0 Å². The van der Waals surface area contributed by atoms with E-state index >= 15 is 0 Å². The highest BCUT2D eigenvalue weighted by Crippen LogP contribution is 2.47. The lowest BCUT2D eigenvalue weighted by molar-refractivity contribution is 0.147. The van der Waals surface area contributed by atoms with Crippen LogP contribution in [0, 0.1) is 17.8 Å². The van der Waals surface area contributed by atoms with E-state index in [4.69, 9.17) is 16.3 Å². The Balaban J connectivity index is 1.30. The molecule has 126 valence electrons. The minimum Gasteiger partial charge on any atom is -0.465 e. The Labute approximate surface area is 149 Å². The fourth-order valence-electron chi connectivity index (χ4n) is 5.33. The van der Waals surface area contributed by atoms with Crippen molar-refractivity contribution in [3.63, 3.8) is 0 Å². The smallest absolute Gasteiger partial charge is 0.130 e. The number of allylic oxidation sites excluding steroid dienone is 3. The van der Waals surface area contributed by atoms with E-state index in [0.717, 1.165) is 41.4 Å². The second kappa shape index (κ2) is 5.64. The first-order valence-corrected chi connectivity index (χ1v) is 9.65. The van der Waals surface area contributed by atoms with Crippen molar-refractivity contribution < 1.29 is 4.74 Å². The summed E-state index contributed by atoms with van der Waals surface area (Å²) in [6.45, 7) is 3.63.